The molecule has 1 aromatic heterocycles. The van der Waals surface area contributed by atoms with Crippen LogP contribution in [0.4, 0.5) is 0 Å². The van der Waals surface area contributed by atoms with Gasteiger partial charge in [0.1, 0.15) is 17.2 Å². The van der Waals surface area contributed by atoms with Gasteiger partial charge in [-0.05, 0) is 54.8 Å². The number of amides is 2. The van der Waals surface area contributed by atoms with E-state index in [1.807, 2.05) is 24.4 Å². The molecule has 158 valence electrons. The number of carbonyl (C=O) groups excluding carboxylic acids is 2. The highest BCUT2D eigenvalue weighted by atomic mass is 32.1. The average molecular weight is 436 g/mol. The summed E-state index contributed by atoms with van der Waals surface area (Å²) in [4.78, 5) is 26.0. The third-order valence-electron chi connectivity index (χ3n) is 4.04. The SMILES string of the molecule is CCOc1ccc(O)c(C=NNC(=O)C(=Cc2cccs2)NC(=O)c2ccccc2)c1. The van der Waals surface area contributed by atoms with Crippen LogP contribution in [0.2, 0.25) is 0 Å². The number of hydrogen-bond acceptors (Lipinski definition) is 6. The van der Waals surface area contributed by atoms with Gasteiger partial charge in [0.2, 0.25) is 0 Å². The van der Waals surface area contributed by atoms with E-state index in [0.717, 1.165) is 4.88 Å². The molecule has 8 heteroatoms. The maximum absolute atomic E-state index is 12.7. The maximum Gasteiger partial charge on any atom is 0.287 e. The van der Waals surface area contributed by atoms with E-state index in [9.17, 15) is 14.7 Å². The fourth-order valence-corrected chi connectivity index (χ4v) is 3.23. The fourth-order valence-electron chi connectivity index (χ4n) is 2.57. The number of hydrogen-bond donors (Lipinski definition) is 3. The van der Waals surface area contributed by atoms with Gasteiger partial charge >= 0.3 is 0 Å². The number of thiophene rings is 1. The van der Waals surface area contributed by atoms with Crippen LogP contribution < -0.4 is 15.5 Å². The fraction of sp³-hybridized carbons (Fsp3) is 0.0870. The van der Waals surface area contributed by atoms with Crippen molar-refractivity contribution in [3.05, 3.63) is 87.7 Å². The summed E-state index contributed by atoms with van der Waals surface area (Å²) in [7, 11) is 0. The van der Waals surface area contributed by atoms with E-state index < -0.39 is 11.8 Å². The van der Waals surface area contributed by atoms with Crippen molar-refractivity contribution in [3.8, 4) is 11.5 Å². The van der Waals surface area contributed by atoms with Crippen LogP contribution in [0.15, 0.2) is 76.8 Å². The first-order chi connectivity index (χ1) is 15.1. The molecular formula is C23H21N3O4S. The molecule has 0 spiro atoms. The highest BCUT2D eigenvalue weighted by Gasteiger charge is 2.14. The van der Waals surface area contributed by atoms with Crippen LogP contribution in [-0.4, -0.2) is 29.7 Å². The summed E-state index contributed by atoms with van der Waals surface area (Å²) >= 11 is 1.43. The predicted octanol–water partition coefficient (Wildman–Crippen LogP) is 3.77. The zero-order valence-electron chi connectivity index (χ0n) is 16.7. The standard InChI is InChI=1S/C23H21N3O4S/c1-2-30-18-10-11-21(27)17(13-18)15-24-26-23(29)20(14-19-9-6-12-31-19)25-22(28)16-7-4-3-5-8-16/h3-15,27H,2H2,1H3,(H,25,28)(H,26,29). The first kappa shape index (κ1) is 21.8. The van der Waals surface area contributed by atoms with E-state index in [2.05, 4.69) is 15.8 Å². The smallest absolute Gasteiger partial charge is 0.287 e. The van der Waals surface area contributed by atoms with Gasteiger partial charge in [0.05, 0.1) is 12.8 Å². The Morgan fingerprint density at radius 1 is 1.13 bits per heavy atom. The van der Waals surface area contributed by atoms with Crippen molar-refractivity contribution in [2.24, 2.45) is 5.10 Å². The summed E-state index contributed by atoms with van der Waals surface area (Å²) in [5.74, 6) is -0.450. The van der Waals surface area contributed by atoms with Crippen molar-refractivity contribution in [2.75, 3.05) is 6.61 Å². The van der Waals surface area contributed by atoms with Crippen LogP contribution in [0, 0.1) is 0 Å². The summed E-state index contributed by atoms with van der Waals surface area (Å²) in [6, 6.07) is 17.0. The molecular weight excluding hydrogens is 414 g/mol. The minimum Gasteiger partial charge on any atom is -0.507 e. The van der Waals surface area contributed by atoms with Crippen molar-refractivity contribution in [1.29, 1.82) is 0 Å². The zero-order valence-corrected chi connectivity index (χ0v) is 17.6. The Morgan fingerprint density at radius 2 is 1.94 bits per heavy atom. The molecule has 0 aliphatic carbocycles. The van der Waals surface area contributed by atoms with Crippen LogP contribution in [0.3, 0.4) is 0 Å². The number of hydrazone groups is 1. The largest absolute Gasteiger partial charge is 0.507 e. The predicted molar refractivity (Wildman–Crippen MR) is 121 cm³/mol. The van der Waals surface area contributed by atoms with Crippen molar-refractivity contribution in [3.63, 3.8) is 0 Å². The maximum atomic E-state index is 12.7. The molecule has 7 nitrogen and oxygen atoms in total. The summed E-state index contributed by atoms with van der Waals surface area (Å²) in [6.07, 6.45) is 2.88. The van der Waals surface area contributed by atoms with Crippen molar-refractivity contribution < 1.29 is 19.4 Å². The minimum absolute atomic E-state index is 0.00631. The Morgan fingerprint density at radius 3 is 2.65 bits per heavy atom. The highest BCUT2D eigenvalue weighted by Crippen LogP contribution is 2.21. The molecule has 3 rings (SSSR count). The van der Waals surface area contributed by atoms with Gasteiger partial charge in [-0.25, -0.2) is 5.43 Å². The van der Waals surface area contributed by atoms with Gasteiger partial charge in [0.15, 0.2) is 0 Å². The Bertz CT molecular complexity index is 1090. The van der Waals surface area contributed by atoms with Crippen LogP contribution in [0.25, 0.3) is 6.08 Å². The Hall–Kier alpha value is -3.91. The molecule has 2 amide bonds. The van der Waals surface area contributed by atoms with Gasteiger partial charge in [0.25, 0.3) is 11.8 Å². The Balaban J connectivity index is 1.75. The third kappa shape index (κ3) is 6.28. The second kappa shape index (κ2) is 10.7. The van der Waals surface area contributed by atoms with E-state index in [1.165, 1.54) is 23.6 Å². The van der Waals surface area contributed by atoms with E-state index in [4.69, 9.17) is 4.74 Å². The first-order valence-electron chi connectivity index (χ1n) is 9.47. The van der Waals surface area contributed by atoms with Crippen LogP contribution >= 0.6 is 11.3 Å². The molecule has 0 radical (unpaired) electrons. The summed E-state index contributed by atoms with van der Waals surface area (Å²) in [6.45, 7) is 2.34. The Kier molecular flexibility index (Phi) is 7.56. The number of nitrogens with zero attached hydrogens (tertiary/aromatic N) is 1. The number of aromatic hydroxyl groups is 1. The van der Waals surface area contributed by atoms with Crippen molar-refractivity contribution >= 4 is 35.4 Å². The van der Waals surface area contributed by atoms with Gasteiger partial charge in [-0.1, -0.05) is 24.3 Å². The highest BCUT2D eigenvalue weighted by molar-refractivity contribution is 7.10. The van der Waals surface area contributed by atoms with Gasteiger partial charge in [-0.2, -0.15) is 5.10 Å². The number of phenolic OH excluding ortho intramolecular Hbond substituents is 1. The van der Waals surface area contributed by atoms with Crippen LogP contribution in [0.1, 0.15) is 27.7 Å². The molecule has 0 saturated carbocycles. The molecule has 1 heterocycles. The average Bonchev–Trinajstić information content (AvgIpc) is 3.29. The number of phenols is 1. The molecule has 3 aromatic rings. The molecule has 3 N–H and O–H groups in total. The van der Waals surface area contributed by atoms with Gasteiger partial charge in [-0.3, -0.25) is 9.59 Å². The monoisotopic (exact) mass is 435 g/mol. The molecule has 0 fully saturated rings. The molecule has 0 atom stereocenters. The summed E-state index contributed by atoms with van der Waals surface area (Å²) in [5.41, 5.74) is 3.22. The molecule has 0 aliphatic heterocycles. The molecule has 0 saturated heterocycles. The van der Waals surface area contributed by atoms with Gasteiger partial charge in [0, 0.05) is 16.0 Å². The lowest BCUT2D eigenvalue weighted by Crippen LogP contribution is -2.32. The lowest BCUT2D eigenvalue weighted by molar-refractivity contribution is -0.117. The number of carbonyl (C=O) groups is 2. The molecule has 0 bridgehead atoms. The van der Waals surface area contributed by atoms with Crippen LogP contribution in [0.5, 0.6) is 11.5 Å². The second-order valence-electron chi connectivity index (χ2n) is 6.25. The van der Waals surface area contributed by atoms with E-state index in [0.29, 0.717) is 23.5 Å². The topological polar surface area (TPSA) is 100 Å². The van der Waals surface area contributed by atoms with Crippen molar-refractivity contribution in [1.82, 2.24) is 10.7 Å². The van der Waals surface area contributed by atoms with E-state index in [-0.39, 0.29) is 11.4 Å². The van der Waals surface area contributed by atoms with Crippen molar-refractivity contribution in [2.45, 2.75) is 6.92 Å². The first-order valence-corrected chi connectivity index (χ1v) is 10.4. The number of benzene rings is 2. The summed E-state index contributed by atoms with van der Waals surface area (Å²) in [5, 5.41) is 18.4. The lowest BCUT2D eigenvalue weighted by atomic mass is 10.2. The van der Waals surface area contributed by atoms with Crippen LogP contribution in [-0.2, 0) is 4.79 Å². The van der Waals surface area contributed by atoms with Gasteiger partial charge < -0.3 is 15.2 Å². The lowest BCUT2D eigenvalue weighted by Gasteiger charge is -2.09. The Labute approximate surface area is 183 Å². The molecule has 31 heavy (non-hydrogen) atoms. The number of rotatable bonds is 8. The zero-order chi connectivity index (χ0) is 22.1. The minimum atomic E-state index is -0.602. The van der Waals surface area contributed by atoms with E-state index in [1.54, 1.807) is 48.5 Å². The van der Waals surface area contributed by atoms with Gasteiger partial charge in [-0.15, -0.1) is 11.3 Å². The quantitative estimate of drug-likeness (QED) is 0.285. The molecule has 0 unspecified atom stereocenters. The normalized spacial score (nSPS) is 11.3. The number of ether oxygens (including phenoxy) is 1. The summed E-state index contributed by atoms with van der Waals surface area (Å²) < 4.78 is 5.40. The second-order valence-corrected chi connectivity index (χ2v) is 7.23. The number of nitrogens with one attached hydrogen (secondary N) is 2. The molecule has 2 aromatic carbocycles. The van der Waals surface area contributed by atoms with E-state index >= 15 is 0 Å². The third-order valence-corrected chi connectivity index (χ3v) is 4.86. The molecule has 0 aliphatic rings.